The van der Waals surface area contributed by atoms with Crippen molar-refractivity contribution in [3.8, 4) is 0 Å². The van der Waals surface area contributed by atoms with Crippen LogP contribution in [-0.4, -0.2) is 20.9 Å². The predicted octanol–water partition coefficient (Wildman–Crippen LogP) is 4.94. The number of carbonyl (C=O) groups excluding carboxylic acids is 1. The highest BCUT2D eigenvalue weighted by atomic mass is 35.5. The first-order valence-electron chi connectivity index (χ1n) is 9.70. The summed E-state index contributed by atoms with van der Waals surface area (Å²) in [5.41, 5.74) is 1.01. The Bertz CT molecular complexity index is 1140. The maximum Gasteiger partial charge on any atom is 0.264 e. The van der Waals surface area contributed by atoms with Crippen LogP contribution in [0.25, 0.3) is 0 Å². The summed E-state index contributed by atoms with van der Waals surface area (Å²) < 4.78 is 41.2. The van der Waals surface area contributed by atoms with Crippen molar-refractivity contribution >= 4 is 33.2 Å². The van der Waals surface area contributed by atoms with Crippen LogP contribution in [0.5, 0.6) is 0 Å². The zero-order chi connectivity index (χ0) is 22.4. The van der Waals surface area contributed by atoms with E-state index in [1.54, 1.807) is 18.2 Å². The smallest absolute Gasteiger partial charge is 0.264 e. The number of halogens is 2. The minimum atomic E-state index is -4.09. The van der Waals surface area contributed by atoms with Gasteiger partial charge in [0, 0.05) is 0 Å². The molecule has 0 fully saturated rings. The fourth-order valence-electron chi connectivity index (χ4n) is 3.15. The molecule has 0 heterocycles. The van der Waals surface area contributed by atoms with Gasteiger partial charge in [-0.2, -0.15) is 0 Å². The third-order valence-electron chi connectivity index (χ3n) is 4.75. The lowest BCUT2D eigenvalue weighted by Gasteiger charge is -2.26. The molecule has 3 aromatic carbocycles. The number of amides is 1. The fourth-order valence-corrected chi connectivity index (χ4v) is 4.76. The van der Waals surface area contributed by atoms with Crippen molar-refractivity contribution in [2.75, 3.05) is 10.8 Å². The average Bonchev–Trinajstić information content (AvgIpc) is 2.79. The van der Waals surface area contributed by atoms with Gasteiger partial charge in [-0.05, 0) is 42.3 Å². The van der Waals surface area contributed by atoms with Gasteiger partial charge in [0.05, 0.1) is 21.6 Å². The summed E-state index contributed by atoms with van der Waals surface area (Å²) in [4.78, 5) is 12.9. The predicted molar refractivity (Wildman–Crippen MR) is 120 cm³/mol. The Morgan fingerprint density at radius 3 is 2.23 bits per heavy atom. The van der Waals surface area contributed by atoms with E-state index in [2.05, 4.69) is 5.32 Å². The molecule has 0 unspecified atom stereocenters. The zero-order valence-electron chi connectivity index (χ0n) is 16.8. The fraction of sp³-hybridized carbons (Fsp3) is 0.174. The largest absolute Gasteiger partial charge is 0.348 e. The van der Waals surface area contributed by atoms with Gasteiger partial charge in [0.1, 0.15) is 12.4 Å². The van der Waals surface area contributed by atoms with Crippen molar-refractivity contribution in [3.63, 3.8) is 0 Å². The first kappa shape index (κ1) is 22.8. The number of sulfonamides is 1. The number of nitrogens with zero attached hydrogens (tertiary/aromatic N) is 1. The highest BCUT2D eigenvalue weighted by Crippen LogP contribution is 2.28. The maximum atomic E-state index is 13.7. The van der Waals surface area contributed by atoms with Gasteiger partial charge in [-0.25, -0.2) is 12.8 Å². The topological polar surface area (TPSA) is 66.5 Å². The van der Waals surface area contributed by atoms with Crippen LogP contribution in [0.2, 0.25) is 5.02 Å². The van der Waals surface area contributed by atoms with Gasteiger partial charge in [0.15, 0.2) is 0 Å². The molecule has 0 aliphatic rings. The number of hydrogen-bond donors (Lipinski definition) is 1. The lowest BCUT2D eigenvalue weighted by atomic mass is 10.0. The van der Waals surface area contributed by atoms with Crippen LogP contribution >= 0.6 is 11.6 Å². The Balaban J connectivity index is 1.93. The van der Waals surface area contributed by atoms with E-state index in [1.165, 1.54) is 24.3 Å². The molecule has 0 radical (unpaired) electrons. The van der Waals surface area contributed by atoms with E-state index in [4.69, 9.17) is 11.6 Å². The van der Waals surface area contributed by atoms with Crippen LogP contribution in [0.4, 0.5) is 10.1 Å². The highest BCUT2D eigenvalue weighted by molar-refractivity contribution is 7.92. The molecule has 1 atom stereocenters. The average molecular weight is 461 g/mol. The third kappa shape index (κ3) is 5.42. The number of anilines is 1. The molecule has 3 aromatic rings. The van der Waals surface area contributed by atoms with Crippen molar-refractivity contribution in [2.24, 2.45) is 0 Å². The number of nitrogens with one attached hydrogen (secondary N) is 1. The summed E-state index contributed by atoms with van der Waals surface area (Å²) in [6.07, 6.45) is 0.629. The minimum Gasteiger partial charge on any atom is -0.348 e. The number of carbonyl (C=O) groups is 1. The number of rotatable bonds is 8. The molecule has 162 valence electrons. The first-order valence-corrected chi connectivity index (χ1v) is 11.5. The molecule has 8 heteroatoms. The molecule has 1 N–H and O–H groups in total. The van der Waals surface area contributed by atoms with Crippen molar-refractivity contribution in [1.29, 1.82) is 0 Å². The van der Waals surface area contributed by atoms with Crippen LogP contribution < -0.4 is 9.62 Å². The lowest BCUT2D eigenvalue weighted by molar-refractivity contribution is -0.120. The number of hydrogen-bond acceptors (Lipinski definition) is 3. The molecule has 0 spiro atoms. The Morgan fingerprint density at radius 2 is 1.65 bits per heavy atom. The standard InChI is InChI=1S/C23H22ClFN2O3S/c1-2-22(17-9-5-3-6-10-17)26-23(28)16-27(18-13-14-21(25)20(24)15-18)31(29,30)19-11-7-4-8-12-19/h3-15,22H,2,16H2,1H3,(H,26,28)/t22-/m1/s1. The minimum absolute atomic E-state index is 0.0124. The monoisotopic (exact) mass is 460 g/mol. The van der Waals surface area contributed by atoms with Gasteiger partial charge in [0.25, 0.3) is 10.0 Å². The second-order valence-electron chi connectivity index (χ2n) is 6.86. The molecule has 0 bridgehead atoms. The van der Waals surface area contributed by atoms with E-state index in [0.29, 0.717) is 6.42 Å². The van der Waals surface area contributed by atoms with E-state index in [-0.39, 0.29) is 21.6 Å². The summed E-state index contributed by atoms with van der Waals surface area (Å²) in [5.74, 6) is -1.17. The summed E-state index contributed by atoms with van der Waals surface area (Å²) in [6, 6.07) is 20.4. The van der Waals surface area contributed by atoms with E-state index in [9.17, 15) is 17.6 Å². The Morgan fingerprint density at radius 1 is 1.03 bits per heavy atom. The highest BCUT2D eigenvalue weighted by Gasteiger charge is 2.28. The van der Waals surface area contributed by atoms with Crippen molar-refractivity contribution in [3.05, 3.63) is 95.3 Å². The Kier molecular flexibility index (Phi) is 7.30. The molecule has 0 aromatic heterocycles. The van der Waals surface area contributed by atoms with Gasteiger partial charge in [-0.15, -0.1) is 0 Å². The Hall–Kier alpha value is -2.90. The van der Waals surface area contributed by atoms with Gasteiger partial charge >= 0.3 is 0 Å². The van der Waals surface area contributed by atoms with Gasteiger partial charge < -0.3 is 5.32 Å². The van der Waals surface area contributed by atoms with E-state index < -0.39 is 28.3 Å². The summed E-state index contributed by atoms with van der Waals surface area (Å²) in [5, 5.41) is 2.65. The van der Waals surface area contributed by atoms with Crippen LogP contribution in [0.3, 0.4) is 0 Å². The molecule has 0 aliphatic heterocycles. The maximum absolute atomic E-state index is 13.7. The number of benzene rings is 3. The molecule has 1 amide bonds. The van der Waals surface area contributed by atoms with Crippen molar-refractivity contribution in [2.45, 2.75) is 24.3 Å². The molecule has 0 saturated carbocycles. The quantitative estimate of drug-likeness (QED) is 0.517. The van der Waals surface area contributed by atoms with E-state index in [1.807, 2.05) is 37.3 Å². The molecule has 0 saturated heterocycles. The molecule has 0 aliphatic carbocycles. The van der Waals surface area contributed by atoms with Gasteiger partial charge in [-0.1, -0.05) is 67.1 Å². The van der Waals surface area contributed by atoms with Crippen LogP contribution in [0, 0.1) is 5.82 Å². The molecule has 3 rings (SSSR count). The summed E-state index contributed by atoms with van der Waals surface area (Å²) in [7, 11) is -4.09. The van der Waals surface area contributed by atoms with Gasteiger partial charge in [0.2, 0.25) is 5.91 Å². The molecule has 31 heavy (non-hydrogen) atoms. The SMILES string of the molecule is CC[C@@H](NC(=O)CN(c1ccc(F)c(Cl)c1)S(=O)(=O)c1ccccc1)c1ccccc1. The summed E-state index contributed by atoms with van der Waals surface area (Å²) >= 11 is 5.88. The van der Waals surface area contributed by atoms with Crippen molar-refractivity contribution in [1.82, 2.24) is 5.32 Å². The second-order valence-corrected chi connectivity index (χ2v) is 9.13. The summed E-state index contributed by atoms with van der Waals surface area (Å²) in [6.45, 7) is 1.44. The second kappa shape index (κ2) is 9.94. The molecular weight excluding hydrogens is 439 g/mol. The third-order valence-corrected chi connectivity index (χ3v) is 6.83. The molecular formula is C23H22ClFN2O3S. The van der Waals surface area contributed by atoms with Crippen LogP contribution in [-0.2, 0) is 14.8 Å². The first-order chi connectivity index (χ1) is 14.8. The van der Waals surface area contributed by atoms with E-state index in [0.717, 1.165) is 15.9 Å². The van der Waals surface area contributed by atoms with Crippen LogP contribution in [0.1, 0.15) is 24.9 Å². The van der Waals surface area contributed by atoms with Gasteiger partial charge in [-0.3, -0.25) is 9.10 Å². The zero-order valence-corrected chi connectivity index (χ0v) is 18.4. The van der Waals surface area contributed by atoms with E-state index >= 15 is 0 Å². The Labute approximate surface area is 186 Å². The van der Waals surface area contributed by atoms with Crippen LogP contribution in [0.15, 0.2) is 83.8 Å². The normalized spacial score (nSPS) is 12.2. The van der Waals surface area contributed by atoms with Crippen molar-refractivity contribution < 1.29 is 17.6 Å². The molecule has 5 nitrogen and oxygen atoms in total. The lowest BCUT2D eigenvalue weighted by Crippen LogP contribution is -2.42.